The summed E-state index contributed by atoms with van der Waals surface area (Å²) in [5.41, 5.74) is -1.80. The quantitative estimate of drug-likeness (QED) is 0.754. The van der Waals surface area contributed by atoms with Gasteiger partial charge in [-0.1, -0.05) is 0 Å². The van der Waals surface area contributed by atoms with E-state index in [2.05, 4.69) is 9.97 Å². The summed E-state index contributed by atoms with van der Waals surface area (Å²) in [7, 11) is 0. The summed E-state index contributed by atoms with van der Waals surface area (Å²) in [6.45, 7) is 0. The van der Waals surface area contributed by atoms with E-state index < -0.39 is 28.6 Å². The second-order valence-corrected chi connectivity index (χ2v) is 3.01. The van der Waals surface area contributed by atoms with Crippen molar-refractivity contribution in [3.8, 4) is 11.1 Å². The molecule has 0 aliphatic heterocycles. The van der Waals surface area contributed by atoms with Gasteiger partial charge in [-0.15, -0.1) is 0 Å². The van der Waals surface area contributed by atoms with Crippen LogP contribution in [-0.4, -0.2) is 9.97 Å². The molecule has 0 aliphatic rings. The maximum Gasteiger partial charge on any atom is 0.258 e. The third-order valence-corrected chi connectivity index (χ3v) is 2.03. The number of aromatic amines is 1. The van der Waals surface area contributed by atoms with Gasteiger partial charge in [-0.3, -0.25) is 4.79 Å². The van der Waals surface area contributed by atoms with Gasteiger partial charge in [0.25, 0.3) is 5.56 Å². The van der Waals surface area contributed by atoms with Crippen molar-refractivity contribution in [3.05, 3.63) is 52.5 Å². The molecule has 2 rings (SSSR count). The van der Waals surface area contributed by atoms with Crippen LogP contribution < -0.4 is 5.56 Å². The predicted molar refractivity (Wildman–Crippen MR) is 50.2 cm³/mol. The number of nitrogens with one attached hydrogen (secondary N) is 1. The average molecular weight is 226 g/mol. The van der Waals surface area contributed by atoms with Gasteiger partial charge in [0.2, 0.25) is 0 Å². The van der Waals surface area contributed by atoms with Gasteiger partial charge in [-0.25, -0.2) is 18.2 Å². The fraction of sp³-hybridized carbons (Fsp3) is 0. The Labute approximate surface area is 87.6 Å². The largest absolute Gasteiger partial charge is 0.313 e. The number of H-pyrrole nitrogens is 1. The lowest BCUT2D eigenvalue weighted by molar-refractivity contribution is 0.498. The molecule has 6 heteroatoms. The Bertz CT molecular complexity index is 595. The van der Waals surface area contributed by atoms with Gasteiger partial charge >= 0.3 is 0 Å². The summed E-state index contributed by atoms with van der Waals surface area (Å²) in [6.07, 6.45) is 2.04. The first-order chi connectivity index (χ1) is 7.61. The molecule has 2 aromatic rings. The normalized spacial score (nSPS) is 10.4. The minimum absolute atomic E-state index is 0.350. The van der Waals surface area contributed by atoms with Gasteiger partial charge in [0.05, 0.1) is 17.5 Å². The molecule has 16 heavy (non-hydrogen) atoms. The molecule has 0 saturated heterocycles. The zero-order valence-electron chi connectivity index (χ0n) is 7.80. The van der Waals surface area contributed by atoms with Crippen LogP contribution >= 0.6 is 0 Å². The molecule has 0 bridgehead atoms. The summed E-state index contributed by atoms with van der Waals surface area (Å²) in [6, 6.07) is 1.40. The lowest BCUT2D eigenvalue weighted by atomic mass is 10.1. The van der Waals surface area contributed by atoms with Crippen LogP contribution in [0.1, 0.15) is 0 Å². The minimum Gasteiger partial charge on any atom is -0.313 e. The van der Waals surface area contributed by atoms with Crippen LogP contribution in [0, 0.1) is 17.5 Å². The molecule has 1 N–H and O–H groups in total. The number of halogens is 3. The molecular weight excluding hydrogens is 221 g/mol. The van der Waals surface area contributed by atoms with E-state index >= 15 is 0 Å². The first-order valence-corrected chi connectivity index (χ1v) is 4.28. The highest BCUT2D eigenvalue weighted by Crippen LogP contribution is 2.24. The van der Waals surface area contributed by atoms with Crippen molar-refractivity contribution < 1.29 is 13.2 Å². The monoisotopic (exact) mass is 226 g/mol. The SMILES string of the molecule is O=c1[nH]cncc1-c1c(F)ccc(F)c1F. The van der Waals surface area contributed by atoms with Crippen LogP contribution in [0.4, 0.5) is 13.2 Å². The zero-order valence-corrected chi connectivity index (χ0v) is 7.80. The number of rotatable bonds is 1. The Morgan fingerprint density at radius 1 is 1.12 bits per heavy atom. The average Bonchev–Trinajstić information content (AvgIpc) is 2.27. The molecule has 1 aromatic heterocycles. The highest BCUT2D eigenvalue weighted by molar-refractivity contribution is 5.62. The molecule has 82 valence electrons. The van der Waals surface area contributed by atoms with Crippen molar-refractivity contribution >= 4 is 0 Å². The predicted octanol–water partition coefficient (Wildman–Crippen LogP) is 1.85. The summed E-state index contributed by atoms with van der Waals surface area (Å²) < 4.78 is 39.5. The van der Waals surface area contributed by atoms with Gasteiger partial charge in [0, 0.05) is 6.20 Å². The van der Waals surface area contributed by atoms with Crippen LogP contribution in [0.25, 0.3) is 11.1 Å². The third kappa shape index (κ3) is 1.58. The first-order valence-electron chi connectivity index (χ1n) is 4.28. The Balaban J connectivity index is 2.79. The third-order valence-electron chi connectivity index (χ3n) is 2.03. The standard InChI is InChI=1S/C10H5F3N2O/c11-6-1-2-7(12)9(13)8(6)5-3-14-4-15-10(5)16/h1-4H,(H,14,15,16). The minimum atomic E-state index is -1.40. The molecule has 0 amide bonds. The highest BCUT2D eigenvalue weighted by Gasteiger charge is 2.17. The van der Waals surface area contributed by atoms with Crippen molar-refractivity contribution in [2.24, 2.45) is 0 Å². The number of hydrogen-bond acceptors (Lipinski definition) is 2. The fourth-order valence-corrected chi connectivity index (χ4v) is 1.30. The zero-order chi connectivity index (χ0) is 11.7. The molecule has 1 aromatic carbocycles. The lowest BCUT2D eigenvalue weighted by Gasteiger charge is -2.03. The Morgan fingerprint density at radius 2 is 1.81 bits per heavy atom. The van der Waals surface area contributed by atoms with Gasteiger partial charge in [0.15, 0.2) is 11.6 Å². The smallest absolute Gasteiger partial charge is 0.258 e. The van der Waals surface area contributed by atoms with Crippen LogP contribution in [-0.2, 0) is 0 Å². The maximum atomic E-state index is 13.3. The summed E-state index contributed by atoms with van der Waals surface area (Å²) in [5.74, 6) is -3.64. The molecule has 0 unspecified atom stereocenters. The summed E-state index contributed by atoms with van der Waals surface area (Å²) in [4.78, 5) is 17.0. The van der Waals surface area contributed by atoms with E-state index in [0.29, 0.717) is 6.07 Å². The van der Waals surface area contributed by atoms with Crippen molar-refractivity contribution in [2.45, 2.75) is 0 Å². The van der Waals surface area contributed by atoms with Crippen LogP contribution in [0.5, 0.6) is 0 Å². The Morgan fingerprint density at radius 3 is 2.50 bits per heavy atom. The summed E-state index contributed by atoms with van der Waals surface area (Å²) in [5, 5.41) is 0. The van der Waals surface area contributed by atoms with Crippen molar-refractivity contribution in [1.29, 1.82) is 0 Å². The molecule has 3 nitrogen and oxygen atoms in total. The maximum absolute atomic E-state index is 13.3. The number of hydrogen-bond donors (Lipinski definition) is 1. The molecule has 0 atom stereocenters. The van der Waals surface area contributed by atoms with Crippen LogP contribution in [0.15, 0.2) is 29.5 Å². The first kappa shape index (κ1) is 10.4. The van der Waals surface area contributed by atoms with Gasteiger partial charge in [-0.2, -0.15) is 0 Å². The molecule has 1 heterocycles. The van der Waals surface area contributed by atoms with E-state index in [4.69, 9.17) is 0 Å². The molecule has 0 spiro atoms. The van der Waals surface area contributed by atoms with Crippen LogP contribution in [0.2, 0.25) is 0 Å². The van der Waals surface area contributed by atoms with Gasteiger partial charge < -0.3 is 4.98 Å². The van der Waals surface area contributed by atoms with Crippen LogP contribution in [0.3, 0.4) is 0 Å². The second kappa shape index (κ2) is 3.80. The van der Waals surface area contributed by atoms with Gasteiger partial charge in [0.1, 0.15) is 5.82 Å². The molecular formula is C10H5F3N2O. The van der Waals surface area contributed by atoms with Gasteiger partial charge in [-0.05, 0) is 12.1 Å². The van der Waals surface area contributed by atoms with E-state index in [1.165, 1.54) is 0 Å². The molecule has 0 saturated carbocycles. The molecule has 0 aliphatic carbocycles. The van der Waals surface area contributed by atoms with E-state index in [0.717, 1.165) is 18.6 Å². The van der Waals surface area contributed by atoms with Crippen molar-refractivity contribution in [2.75, 3.05) is 0 Å². The lowest BCUT2D eigenvalue weighted by Crippen LogP contribution is -2.11. The topological polar surface area (TPSA) is 45.8 Å². The molecule has 0 radical (unpaired) electrons. The Hall–Kier alpha value is -2.11. The van der Waals surface area contributed by atoms with Crippen molar-refractivity contribution in [1.82, 2.24) is 9.97 Å². The number of nitrogens with zero attached hydrogens (tertiary/aromatic N) is 1. The number of benzene rings is 1. The van der Waals surface area contributed by atoms with E-state index in [-0.39, 0.29) is 5.56 Å². The van der Waals surface area contributed by atoms with E-state index in [1.807, 2.05) is 0 Å². The fourth-order valence-electron chi connectivity index (χ4n) is 1.30. The summed E-state index contributed by atoms with van der Waals surface area (Å²) >= 11 is 0. The Kier molecular flexibility index (Phi) is 2.47. The molecule has 0 fully saturated rings. The highest BCUT2D eigenvalue weighted by atomic mass is 19.2. The number of aromatic nitrogens is 2. The second-order valence-electron chi connectivity index (χ2n) is 3.01. The van der Waals surface area contributed by atoms with E-state index in [1.54, 1.807) is 0 Å². The van der Waals surface area contributed by atoms with E-state index in [9.17, 15) is 18.0 Å². The van der Waals surface area contributed by atoms with Crippen molar-refractivity contribution in [3.63, 3.8) is 0 Å².